The number of carbonyl (C=O) groups excluding carboxylic acids is 1. The van der Waals surface area contributed by atoms with Gasteiger partial charge in [-0.1, -0.05) is 6.07 Å². The summed E-state index contributed by atoms with van der Waals surface area (Å²) in [5.74, 6) is -0.279. The van der Waals surface area contributed by atoms with Crippen LogP contribution in [0.25, 0.3) is 16.9 Å². The van der Waals surface area contributed by atoms with Gasteiger partial charge in [0, 0.05) is 11.3 Å². The van der Waals surface area contributed by atoms with Gasteiger partial charge in [0.1, 0.15) is 11.5 Å². The number of carbonyl (C=O) groups is 1. The third-order valence-corrected chi connectivity index (χ3v) is 3.14. The summed E-state index contributed by atoms with van der Waals surface area (Å²) in [6.07, 6.45) is 0.802. The first-order valence-corrected chi connectivity index (χ1v) is 5.90. The molecule has 94 valence electrons. The molecule has 0 spiro atoms. The molecule has 2 heterocycles. The zero-order chi connectivity index (χ0) is 13.4. The third kappa shape index (κ3) is 1.81. The highest BCUT2D eigenvalue weighted by atomic mass is 19.1. The monoisotopic (exact) mass is 254 g/mol. The Bertz CT molecular complexity index is 760. The number of imidazole rings is 1. The molecule has 0 aliphatic carbocycles. The summed E-state index contributed by atoms with van der Waals surface area (Å²) in [5, 5.41) is 0. The lowest BCUT2D eigenvalue weighted by Gasteiger charge is -2.01. The van der Waals surface area contributed by atoms with Crippen LogP contribution in [0.3, 0.4) is 0 Å². The van der Waals surface area contributed by atoms with Crippen molar-refractivity contribution in [2.24, 2.45) is 0 Å². The molecule has 0 saturated heterocycles. The number of nitrogens with zero attached hydrogens (tertiary/aromatic N) is 2. The second kappa shape index (κ2) is 4.31. The number of benzene rings is 1. The van der Waals surface area contributed by atoms with Gasteiger partial charge in [-0.25, -0.2) is 9.37 Å². The average molecular weight is 254 g/mol. The first-order chi connectivity index (χ1) is 9.20. The molecule has 0 atom stereocenters. The molecular weight excluding hydrogens is 243 g/mol. The van der Waals surface area contributed by atoms with Crippen LogP contribution in [0.15, 0.2) is 42.5 Å². The van der Waals surface area contributed by atoms with Crippen LogP contribution in [0, 0.1) is 12.7 Å². The molecule has 2 aromatic heterocycles. The van der Waals surface area contributed by atoms with Crippen LogP contribution in [-0.4, -0.2) is 15.7 Å². The number of aldehydes is 1. The van der Waals surface area contributed by atoms with E-state index in [1.54, 1.807) is 28.7 Å². The first-order valence-electron chi connectivity index (χ1n) is 5.90. The van der Waals surface area contributed by atoms with Gasteiger partial charge in [-0.05, 0) is 43.3 Å². The van der Waals surface area contributed by atoms with Crippen molar-refractivity contribution < 1.29 is 9.18 Å². The van der Waals surface area contributed by atoms with Crippen molar-refractivity contribution >= 4 is 11.9 Å². The van der Waals surface area contributed by atoms with Gasteiger partial charge in [-0.2, -0.15) is 0 Å². The summed E-state index contributed by atoms with van der Waals surface area (Å²) in [7, 11) is 0. The molecule has 0 fully saturated rings. The van der Waals surface area contributed by atoms with Crippen molar-refractivity contribution in [1.82, 2.24) is 9.38 Å². The molecule has 19 heavy (non-hydrogen) atoms. The molecule has 3 aromatic rings. The topological polar surface area (TPSA) is 34.4 Å². The Morgan fingerprint density at radius 1 is 1.16 bits per heavy atom. The van der Waals surface area contributed by atoms with E-state index in [-0.39, 0.29) is 5.82 Å². The van der Waals surface area contributed by atoms with Crippen molar-refractivity contribution in [2.75, 3.05) is 0 Å². The molecule has 3 nitrogen and oxygen atoms in total. The number of rotatable bonds is 2. The quantitative estimate of drug-likeness (QED) is 0.658. The van der Waals surface area contributed by atoms with Crippen LogP contribution in [0.2, 0.25) is 0 Å². The van der Waals surface area contributed by atoms with Gasteiger partial charge in [-0.3, -0.25) is 9.20 Å². The molecular formula is C15H11FN2O. The number of fused-ring (bicyclic) bond motifs is 1. The summed E-state index contributed by atoms with van der Waals surface area (Å²) in [6, 6.07) is 11.5. The molecule has 0 bridgehead atoms. The van der Waals surface area contributed by atoms with Gasteiger partial charge < -0.3 is 0 Å². The Balaban J connectivity index is 2.28. The maximum absolute atomic E-state index is 13.0. The van der Waals surface area contributed by atoms with Gasteiger partial charge >= 0.3 is 0 Å². The van der Waals surface area contributed by atoms with E-state index in [0.29, 0.717) is 11.3 Å². The van der Waals surface area contributed by atoms with E-state index in [1.807, 2.05) is 13.0 Å². The van der Waals surface area contributed by atoms with Crippen LogP contribution in [0.4, 0.5) is 4.39 Å². The number of hydrogen-bond acceptors (Lipinski definition) is 2. The summed E-state index contributed by atoms with van der Waals surface area (Å²) in [5.41, 5.74) is 3.72. The lowest BCUT2D eigenvalue weighted by Crippen LogP contribution is -1.96. The zero-order valence-electron chi connectivity index (χ0n) is 10.3. The van der Waals surface area contributed by atoms with E-state index in [9.17, 15) is 9.18 Å². The van der Waals surface area contributed by atoms with Gasteiger partial charge in [-0.15, -0.1) is 0 Å². The normalized spacial score (nSPS) is 10.8. The molecule has 0 radical (unpaired) electrons. The van der Waals surface area contributed by atoms with Gasteiger partial charge in [0.25, 0.3) is 0 Å². The summed E-state index contributed by atoms with van der Waals surface area (Å²) in [6.45, 7) is 1.89. The van der Waals surface area contributed by atoms with E-state index in [2.05, 4.69) is 4.98 Å². The fraction of sp³-hybridized carbons (Fsp3) is 0.0667. The standard InChI is InChI=1S/C15H11FN2O/c1-10-15(11-5-7-12(16)8-6-11)17-14-4-2-3-13(9-19)18(10)14/h2-9H,1H3. The summed E-state index contributed by atoms with van der Waals surface area (Å²) >= 11 is 0. The molecule has 0 aliphatic heterocycles. The van der Waals surface area contributed by atoms with E-state index in [4.69, 9.17) is 0 Å². The van der Waals surface area contributed by atoms with Crippen molar-refractivity contribution in [2.45, 2.75) is 6.92 Å². The number of pyridine rings is 1. The van der Waals surface area contributed by atoms with Crippen LogP contribution in [0.5, 0.6) is 0 Å². The number of aromatic nitrogens is 2. The Hall–Kier alpha value is -2.49. The molecule has 0 unspecified atom stereocenters. The molecule has 3 rings (SSSR count). The lowest BCUT2D eigenvalue weighted by atomic mass is 10.1. The van der Waals surface area contributed by atoms with E-state index in [0.717, 1.165) is 23.2 Å². The maximum atomic E-state index is 13.0. The molecule has 0 saturated carbocycles. The second-order valence-corrected chi connectivity index (χ2v) is 4.31. The SMILES string of the molecule is Cc1c(-c2ccc(F)cc2)nc2cccc(C=O)n12. The highest BCUT2D eigenvalue weighted by Gasteiger charge is 2.12. The molecule has 4 heteroatoms. The van der Waals surface area contributed by atoms with Crippen LogP contribution in [0.1, 0.15) is 16.2 Å². The van der Waals surface area contributed by atoms with Crippen LogP contribution in [-0.2, 0) is 0 Å². The number of halogens is 1. The lowest BCUT2D eigenvalue weighted by molar-refractivity contribution is 0.111. The molecule has 0 amide bonds. The van der Waals surface area contributed by atoms with Crippen molar-refractivity contribution in [3.05, 3.63) is 59.7 Å². The predicted molar refractivity (Wildman–Crippen MR) is 70.7 cm³/mol. The highest BCUT2D eigenvalue weighted by molar-refractivity contribution is 5.76. The minimum Gasteiger partial charge on any atom is -0.296 e. The fourth-order valence-corrected chi connectivity index (χ4v) is 2.24. The third-order valence-electron chi connectivity index (χ3n) is 3.14. The van der Waals surface area contributed by atoms with Crippen molar-refractivity contribution in [1.29, 1.82) is 0 Å². The maximum Gasteiger partial charge on any atom is 0.166 e. The summed E-state index contributed by atoms with van der Waals surface area (Å²) < 4.78 is 14.8. The van der Waals surface area contributed by atoms with Crippen molar-refractivity contribution in [3.63, 3.8) is 0 Å². The Labute approximate surface area is 109 Å². The molecule has 1 aromatic carbocycles. The number of aryl methyl sites for hydroxylation is 1. The van der Waals surface area contributed by atoms with Gasteiger partial charge in [0.2, 0.25) is 0 Å². The minimum atomic E-state index is -0.279. The van der Waals surface area contributed by atoms with E-state index >= 15 is 0 Å². The minimum absolute atomic E-state index is 0.279. The fourth-order valence-electron chi connectivity index (χ4n) is 2.24. The highest BCUT2D eigenvalue weighted by Crippen LogP contribution is 2.24. The van der Waals surface area contributed by atoms with Gasteiger partial charge in [0.05, 0.1) is 11.4 Å². The number of hydrogen-bond donors (Lipinski definition) is 0. The Morgan fingerprint density at radius 2 is 1.89 bits per heavy atom. The zero-order valence-corrected chi connectivity index (χ0v) is 10.3. The predicted octanol–water partition coefficient (Wildman–Crippen LogP) is 3.26. The van der Waals surface area contributed by atoms with Crippen LogP contribution >= 0.6 is 0 Å². The van der Waals surface area contributed by atoms with E-state index in [1.165, 1.54) is 12.1 Å². The molecule has 0 N–H and O–H groups in total. The Kier molecular flexibility index (Phi) is 2.63. The van der Waals surface area contributed by atoms with Crippen LogP contribution < -0.4 is 0 Å². The molecule has 0 aliphatic rings. The van der Waals surface area contributed by atoms with Crippen molar-refractivity contribution in [3.8, 4) is 11.3 Å². The van der Waals surface area contributed by atoms with Gasteiger partial charge in [0.15, 0.2) is 6.29 Å². The van der Waals surface area contributed by atoms with E-state index < -0.39 is 0 Å². The summed E-state index contributed by atoms with van der Waals surface area (Å²) in [4.78, 5) is 15.6. The average Bonchev–Trinajstić information content (AvgIpc) is 2.77. The largest absolute Gasteiger partial charge is 0.296 e. The Morgan fingerprint density at radius 3 is 2.58 bits per heavy atom. The second-order valence-electron chi connectivity index (χ2n) is 4.31. The first kappa shape index (κ1) is 11.6. The smallest absolute Gasteiger partial charge is 0.166 e.